The maximum atomic E-state index is 5.49. The molecule has 0 aromatic rings. The third-order valence-corrected chi connectivity index (χ3v) is 5.66. The Kier molecular flexibility index (Phi) is 4.01. The van der Waals surface area contributed by atoms with Gasteiger partial charge in [-0.15, -0.1) is 0 Å². The molecule has 0 amide bonds. The predicted octanol–water partition coefficient (Wildman–Crippen LogP) is 3.40. The van der Waals surface area contributed by atoms with Crippen LogP contribution in [0.15, 0.2) is 40.1 Å². The molecule has 2 atom stereocenters. The summed E-state index contributed by atoms with van der Waals surface area (Å²) in [4.78, 5) is 5.00. The summed E-state index contributed by atoms with van der Waals surface area (Å²) in [7, 11) is 0. The Morgan fingerprint density at radius 1 is 1.23 bits per heavy atom. The van der Waals surface area contributed by atoms with E-state index in [-0.39, 0.29) is 0 Å². The van der Waals surface area contributed by atoms with Gasteiger partial charge in [-0.25, -0.2) is 0 Å². The molecule has 0 saturated carbocycles. The van der Waals surface area contributed by atoms with Gasteiger partial charge in [0, 0.05) is 37.3 Å². The molecule has 3 aliphatic heterocycles. The number of nitrogens with one attached hydrogen (secondary N) is 1. The fraction of sp³-hybridized carbons (Fsp3) is 0.632. The van der Waals surface area contributed by atoms with E-state index < -0.39 is 0 Å². The molecule has 4 aliphatic rings. The average molecular weight is 298 g/mol. The second kappa shape index (κ2) is 6.13. The van der Waals surface area contributed by atoms with Crippen molar-refractivity contribution in [3.8, 4) is 0 Å². The number of allylic oxidation sites excluding steroid dienone is 5. The number of hydrogen-bond acceptors (Lipinski definition) is 3. The summed E-state index contributed by atoms with van der Waals surface area (Å²) < 4.78 is 5.49. The van der Waals surface area contributed by atoms with Crippen molar-refractivity contribution >= 4 is 5.71 Å². The maximum Gasteiger partial charge on any atom is 0.0520 e. The quantitative estimate of drug-likeness (QED) is 0.866. The molecule has 0 radical (unpaired) electrons. The molecule has 0 spiro atoms. The van der Waals surface area contributed by atoms with Crippen LogP contribution in [0.3, 0.4) is 0 Å². The summed E-state index contributed by atoms with van der Waals surface area (Å²) in [5.74, 6) is 1.22. The van der Waals surface area contributed by atoms with Gasteiger partial charge >= 0.3 is 0 Å². The number of fused-ring (bicyclic) bond motifs is 1. The van der Waals surface area contributed by atoms with E-state index in [0.29, 0.717) is 17.9 Å². The largest absolute Gasteiger partial charge is 0.381 e. The van der Waals surface area contributed by atoms with Crippen LogP contribution in [0.25, 0.3) is 0 Å². The molecule has 2 fully saturated rings. The molecule has 3 heterocycles. The zero-order valence-corrected chi connectivity index (χ0v) is 13.5. The summed E-state index contributed by atoms with van der Waals surface area (Å²) in [5.41, 5.74) is 5.48. The second-order valence-electron chi connectivity index (χ2n) is 7.05. The van der Waals surface area contributed by atoms with E-state index in [1.165, 1.54) is 42.7 Å². The highest BCUT2D eigenvalue weighted by Crippen LogP contribution is 2.35. The molecule has 1 N–H and O–H groups in total. The Hall–Kier alpha value is -1.19. The highest BCUT2D eigenvalue weighted by Gasteiger charge is 2.29. The Labute approximate surface area is 133 Å². The molecule has 3 heteroatoms. The molecular weight excluding hydrogens is 272 g/mol. The SMILES string of the molecule is CC(C1=CC2=CC=C(C3CCOCC3)CC2=N1)C1CCCN1. The third kappa shape index (κ3) is 2.72. The van der Waals surface area contributed by atoms with Crippen LogP contribution in [0.4, 0.5) is 0 Å². The highest BCUT2D eigenvalue weighted by molar-refractivity contribution is 6.07. The molecular formula is C19H26N2O. The van der Waals surface area contributed by atoms with E-state index >= 15 is 0 Å². The normalized spacial score (nSPS) is 30.3. The lowest BCUT2D eigenvalue weighted by Crippen LogP contribution is -2.29. The maximum absolute atomic E-state index is 5.49. The standard InChI is InChI=1S/C19H26N2O/c1-13(17-3-2-8-20-17)18-12-16-5-4-15(11-19(16)21-18)14-6-9-22-10-7-14/h4-5,12-14,17,20H,2-3,6-11H2,1H3. The highest BCUT2D eigenvalue weighted by atomic mass is 16.5. The Balaban J connectivity index is 1.47. The van der Waals surface area contributed by atoms with Crippen molar-refractivity contribution in [2.24, 2.45) is 16.8 Å². The van der Waals surface area contributed by atoms with Gasteiger partial charge in [-0.2, -0.15) is 0 Å². The summed E-state index contributed by atoms with van der Waals surface area (Å²) in [6.07, 6.45) is 12.9. The predicted molar refractivity (Wildman–Crippen MR) is 90.0 cm³/mol. The molecule has 22 heavy (non-hydrogen) atoms. The number of nitrogens with zero attached hydrogens (tertiary/aromatic N) is 1. The number of aliphatic imine (C=N–C) groups is 1. The molecule has 2 saturated heterocycles. The minimum absolute atomic E-state index is 0.521. The van der Waals surface area contributed by atoms with Gasteiger partial charge in [0.05, 0.1) is 5.71 Å². The van der Waals surface area contributed by atoms with Gasteiger partial charge in [0.1, 0.15) is 0 Å². The van der Waals surface area contributed by atoms with Crippen LogP contribution >= 0.6 is 0 Å². The van der Waals surface area contributed by atoms with Crippen molar-refractivity contribution < 1.29 is 4.74 Å². The van der Waals surface area contributed by atoms with Crippen LogP contribution in [0.5, 0.6) is 0 Å². The lowest BCUT2D eigenvalue weighted by molar-refractivity contribution is 0.0754. The molecule has 4 rings (SSSR count). The van der Waals surface area contributed by atoms with E-state index in [1.54, 1.807) is 5.57 Å². The summed E-state index contributed by atoms with van der Waals surface area (Å²) in [6.45, 7) is 5.32. The van der Waals surface area contributed by atoms with Crippen molar-refractivity contribution in [2.45, 2.75) is 45.1 Å². The Morgan fingerprint density at radius 3 is 2.86 bits per heavy atom. The van der Waals surface area contributed by atoms with Crippen LogP contribution in [-0.2, 0) is 4.74 Å². The van der Waals surface area contributed by atoms with Crippen molar-refractivity contribution in [3.63, 3.8) is 0 Å². The first-order valence-electron chi connectivity index (χ1n) is 8.82. The van der Waals surface area contributed by atoms with Gasteiger partial charge in [0.2, 0.25) is 0 Å². The van der Waals surface area contributed by atoms with Gasteiger partial charge in [-0.05, 0) is 49.8 Å². The summed E-state index contributed by atoms with van der Waals surface area (Å²) in [6, 6.07) is 0.610. The van der Waals surface area contributed by atoms with Gasteiger partial charge in [0.25, 0.3) is 0 Å². The number of rotatable bonds is 3. The first-order valence-corrected chi connectivity index (χ1v) is 8.82. The summed E-state index contributed by atoms with van der Waals surface area (Å²) >= 11 is 0. The van der Waals surface area contributed by atoms with E-state index in [9.17, 15) is 0 Å². The van der Waals surface area contributed by atoms with E-state index in [1.807, 2.05) is 0 Å². The fourth-order valence-electron chi connectivity index (χ4n) is 4.16. The smallest absolute Gasteiger partial charge is 0.0520 e. The van der Waals surface area contributed by atoms with Crippen molar-refractivity contribution in [1.29, 1.82) is 0 Å². The molecule has 3 nitrogen and oxygen atoms in total. The second-order valence-corrected chi connectivity index (χ2v) is 7.05. The monoisotopic (exact) mass is 298 g/mol. The van der Waals surface area contributed by atoms with E-state index in [2.05, 4.69) is 30.5 Å². The minimum atomic E-state index is 0.521. The van der Waals surface area contributed by atoms with E-state index in [4.69, 9.17) is 9.73 Å². The van der Waals surface area contributed by atoms with Gasteiger partial charge < -0.3 is 10.1 Å². The molecule has 0 aromatic carbocycles. The van der Waals surface area contributed by atoms with Crippen LogP contribution in [-0.4, -0.2) is 31.5 Å². The minimum Gasteiger partial charge on any atom is -0.381 e. The number of hydrogen-bond donors (Lipinski definition) is 1. The van der Waals surface area contributed by atoms with Gasteiger partial charge in [-0.3, -0.25) is 4.99 Å². The fourth-order valence-corrected chi connectivity index (χ4v) is 4.16. The lowest BCUT2D eigenvalue weighted by atomic mass is 9.84. The van der Waals surface area contributed by atoms with Crippen LogP contribution in [0.1, 0.15) is 39.0 Å². The first kappa shape index (κ1) is 14.4. The Morgan fingerprint density at radius 2 is 2.09 bits per heavy atom. The first-order chi connectivity index (χ1) is 10.8. The third-order valence-electron chi connectivity index (χ3n) is 5.66. The van der Waals surface area contributed by atoms with Crippen LogP contribution in [0.2, 0.25) is 0 Å². The van der Waals surface area contributed by atoms with Crippen LogP contribution in [0, 0.1) is 11.8 Å². The van der Waals surface area contributed by atoms with Crippen molar-refractivity contribution in [3.05, 3.63) is 35.1 Å². The van der Waals surface area contributed by atoms with Gasteiger partial charge in [0.15, 0.2) is 0 Å². The molecule has 118 valence electrons. The van der Waals surface area contributed by atoms with E-state index in [0.717, 1.165) is 26.2 Å². The zero-order chi connectivity index (χ0) is 14.9. The molecule has 2 unspecified atom stereocenters. The average Bonchev–Trinajstić information content (AvgIpc) is 3.23. The van der Waals surface area contributed by atoms with Crippen molar-refractivity contribution in [1.82, 2.24) is 5.32 Å². The van der Waals surface area contributed by atoms with Gasteiger partial charge in [-0.1, -0.05) is 24.6 Å². The zero-order valence-electron chi connectivity index (χ0n) is 13.5. The van der Waals surface area contributed by atoms with Crippen molar-refractivity contribution in [2.75, 3.05) is 19.8 Å². The molecule has 0 aromatic heterocycles. The molecule has 0 bridgehead atoms. The topological polar surface area (TPSA) is 33.6 Å². The lowest BCUT2D eigenvalue weighted by Gasteiger charge is -2.26. The number of ether oxygens (including phenoxy) is 1. The summed E-state index contributed by atoms with van der Waals surface area (Å²) in [5, 5.41) is 3.62. The molecule has 1 aliphatic carbocycles. The Bertz CT molecular complexity index is 558. The van der Waals surface area contributed by atoms with Crippen LogP contribution < -0.4 is 5.32 Å².